The highest BCUT2D eigenvalue weighted by molar-refractivity contribution is 5.75. The van der Waals surface area contributed by atoms with Crippen LogP contribution in [0, 0.1) is 0 Å². The van der Waals surface area contributed by atoms with Crippen molar-refractivity contribution in [3.8, 4) is 0 Å². The van der Waals surface area contributed by atoms with Gasteiger partial charge in [0.15, 0.2) is 0 Å². The number of hydrogen-bond donors (Lipinski definition) is 1. The topological polar surface area (TPSA) is 38.1 Å². The van der Waals surface area contributed by atoms with Gasteiger partial charge in [-0.15, -0.1) is 0 Å². The third-order valence-electron chi connectivity index (χ3n) is 3.91. The van der Waals surface area contributed by atoms with Crippen molar-refractivity contribution in [1.82, 2.24) is 9.55 Å². The molecule has 20 heavy (non-hydrogen) atoms. The van der Waals surface area contributed by atoms with Gasteiger partial charge in [-0.3, -0.25) is 0 Å². The summed E-state index contributed by atoms with van der Waals surface area (Å²) in [5.41, 5.74) is 1.52. The molecule has 0 aliphatic rings. The molecule has 0 aliphatic carbocycles. The number of unbranched alkanes of at least 4 members (excludes halogenated alkanes) is 2. The largest absolute Gasteiger partial charge is 0.390 e. The van der Waals surface area contributed by atoms with E-state index in [1.165, 1.54) is 12.8 Å². The van der Waals surface area contributed by atoms with Crippen molar-refractivity contribution in [2.24, 2.45) is 0 Å². The molecule has 110 valence electrons. The second-order valence-corrected chi connectivity index (χ2v) is 5.89. The molecule has 0 saturated heterocycles. The molecule has 1 aromatic carbocycles. The fourth-order valence-corrected chi connectivity index (χ4v) is 2.80. The van der Waals surface area contributed by atoms with Crippen molar-refractivity contribution in [2.45, 2.75) is 65.0 Å². The molecule has 0 bridgehead atoms. The smallest absolute Gasteiger partial charge is 0.112 e. The number of benzene rings is 1. The molecule has 3 nitrogen and oxygen atoms in total. The number of fused-ring (bicyclic) bond motifs is 1. The van der Waals surface area contributed by atoms with Crippen LogP contribution in [-0.2, 0) is 13.0 Å². The summed E-state index contributed by atoms with van der Waals surface area (Å²) in [7, 11) is 0. The zero-order valence-corrected chi connectivity index (χ0v) is 12.9. The fourth-order valence-electron chi connectivity index (χ4n) is 2.80. The number of hydrogen-bond acceptors (Lipinski definition) is 2. The molecule has 0 saturated carbocycles. The number of aliphatic hydroxyl groups is 1. The van der Waals surface area contributed by atoms with Crippen LogP contribution in [0.15, 0.2) is 24.3 Å². The summed E-state index contributed by atoms with van der Waals surface area (Å²) in [4.78, 5) is 4.70. The number of aryl methyl sites for hydroxylation is 1. The number of aromatic nitrogens is 2. The molecular weight excluding hydrogens is 248 g/mol. The first-order chi connectivity index (χ1) is 9.57. The van der Waals surface area contributed by atoms with Gasteiger partial charge in [-0.1, -0.05) is 38.3 Å². The van der Waals surface area contributed by atoms with Crippen molar-refractivity contribution in [3.63, 3.8) is 0 Å². The first-order valence-electron chi connectivity index (χ1n) is 7.74. The van der Waals surface area contributed by atoms with Gasteiger partial charge in [-0.25, -0.2) is 4.98 Å². The van der Waals surface area contributed by atoms with Crippen LogP contribution in [0.5, 0.6) is 0 Å². The van der Waals surface area contributed by atoms with E-state index in [4.69, 9.17) is 4.98 Å². The highest BCUT2D eigenvalue weighted by Crippen LogP contribution is 2.23. The molecule has 0 aliphatic heterocycles. The van der Waals surface area contributed by atoms with E-state index in [2.05, 4.69) is 24.5 Å². The van der Waals surface area contributed by atoms with Crippen LogP contribution >= 0.6 is 0 Å². The van der Waals surface area contributed by atoms with E-state index in [0.29, 0.717) is 6.42 Å². The quantitative estimate of drug-likeness (QED) is 0.777. The molecule has 0 fully saturated rings. The number of nitrogens with zero attached hydrogens (tertiary/aromatic N) is 2. The summed E-state index contributed by atoms with van der Waals surface area (Å²) >= 11 is 0. The van der Waals surface area contributed by atoms with Crippen LogP contribution in [0.2, 0.25) is 0 Å². The molecule has 2 rings (SSSR count). The average molecular weight is 274 g/mol. The van der Waals surface area contributed by atoms with E-state index in [1.807, 2.05) is 25.1 Å². The van der Waals surface area contributed by atoms with Gasteiger partial charge in [-0.05, 0) is 32.4 Å². The van der Waals surface area contributed by atoms with E-state index in [-0.39, 0.29) is 0 Å². The predicted octanol–water partition coefficient (Wildman–Crippen LogP) is 3.93. The minimum Gasteiger partial charge on any atom is -0.390 e. The number of rotatable bonds is 7. The molecule has 1 heterocycles. The lowest BCUT2D eigenvalue weighted by Crippen LogP contribution is -2.28. The molecular formula is C17H26N2O. The Morgan fingerprint density at radius 1 is 1.20 bits per heavy atom. The Kier molecular flexibility index (Phi) is 4.81. The minimum atomic E-state index is -0.663. The first-order valence-corrected chi connectivity index (χ1v) is 7.74. The van der Waals surface area contributed by atoms with Crippen molar-refractivity contribution in [3.05, 3.63) is 30.1 Å². The summed E-state index contributed by atoms with van der Waals surface area (Å²) in [6, 6.07) is 8.19. The molecule has 1 aromatic heterocycles. The van der Waals surface area contributed by atoms with E-state index in [0.717, 1.165) is 36.2 Å². The van der Waals surface area contributed by atoms with E-state index >= 15 is 0 Å². The standard InChI is InChI=1S/C17H26N2O/c1-4-6-9-12-17(3,20)13-16-18-14-10-7-8-11-15(14)19(16)5-2/h7-8,10-11,20H,4-6,9,12-13H2,1-3H3. The Labute approximate surface area is 121 Å². The lowest BCUT2D eigenvalue weighted by atomic mass is 9.94. The highest BCUT2D eigenvalue weighted by Gasteiger charge is 2.23. The Hall–Kier alpha value is -1.35. The van der Waals surface area contributed by atoms with Crippen molar-refractivity contribution in [1.29, 1.82) is 0 Å². The Morgan fingerprint density at radius 3 is 2.65 bits per heavy atom. The average Bonchev–Trinajstić information content (AvgIpc) is 2.75. The number of imidazole rings is 1. The third kappa shape index (κ3) is 3.40. The maximum atomic E-state index is 10.6. The Balaban J connectivity index is 2.20. The normalized spacial score (nSPS) is 14.6. The molecule has 0 spiro atoms. The van der Waals surface area contributed by atoms with E-state index < -0.39 is 5.60 Å². The molecule has 2 aromatic rings. The minimum absolute atomic E-state index is 0.624. The second-order valence-electron chi connectivity index (χ2n) is 5.89. The van der Waals surface area contributed by atoms with Crippen molar-refractivity contribution in [2.75, 3.05) is 0 Å². The van der Waals surface area contributed by atoms with E-state index in [1.54, 1.807) is 0 Å². The van der Waals surface area contributed by atoms with Gasteiger partial charge in [0.2, 0.25) is 0 Å². The van der Waals surface area contributed by atoms with Gasteiger partial charge in [-0.2, -0.15) is 0 Å². The van der Waals surface area contributed by atoms with Crippen molar-refractivity contribution >= 4 is 11.0 Å². The van der Waals surface area contributed by atoms with Gasteiger partial charge >= 0.3 is 0 Å². The summed E-state index contributed by atoms with van der Waals surface area (Å²) < 4.78 is 2.21. The molecule has 0 radical (unpaired) electrons. The molecule has 1 N–H and O–H groups in total. The molecule has 3 heteroatoms. The summed E-state index contributed by atoms with van der Waals surface area (Å²) in [6.45, 7) is 7.14. The van der Waals surface area contributed by atoms with Crippen LogP contribution in [0.3, 0.4) is 0 Å². The predicted molar refractivity (Wildman–Crippen MR) is 83.9 cm³/mol. The molecule has 1 atom stereocenters. The summed E-state index contributed by atoms with van der Waals surface area (Å²) in [5, 5.41) is 10.6. The Bertz CT molecular complexity index is 557. The lowest BCUT2D eigenvalue weighted by molar-refractivity contribution is 0.0459. The Morgan fingerprint density at radius 2 is 1.95 bits per heavy atom. The lowest BCUT2D eigenvalue weighted by Gasteiger charge is -2.23. The molecule has 1 unspecified atom stereocenters. The monoisotopic (exact) mass is 274 g/mol. The molecule has 0 amide bonds. The van der Waals surface area contributed by atoms with Gasteiger partial charge in [0, 0.05) is 13.0 Å². The van der Waals surface area contributed by atoms with Gasteiger partial charge in [0.25, 0.3) is 0 Å². The summed E-state index contributed by atoms with van der Waals surface area (Å²) in [6.07, 6.45) is 4.91. The van der Waals surface area contributed by atoms with E-state index in [9.17, 15) is 5.11 Å². The maximum Gasteiger partial charge on any atom is 0.112 e. The number of para-hydroxylation sites is 2. The van der Waals surface area contributed by atoms with Gasteiger partial charge in [0.05, 0.1) is 16.6 Å². The van der Waals surface area contributed by atoms with Crippen LogP contribution < -0.4 is 0 Å². The highest BCUT2D eigenvalue weighted by atomic mass is 16.3. The van der Waals surface area contributed by atoms with Crippen LogP contribution in [0.1, 0.15) is 52.3 Å². The van der Waals surface area contributed by atoms with Crippen molar-refractivity contribution < 1.29 is 5.11 Å². The van der Waals surface area contributed by atoms with Gasteiger partial charge in [0.1, 0.15) is 5.82 Å². The van der Waals surface area contributed by atoms with Crippen LogP contribution in [0.4, 0.5) is 0 Å². The zero-order valence-electron chi connectivity index (χ0n) is 12.9. The SMILES string of the molecule is CCCCCC(C)(O)Cc1nc2ccccc2n1CC. The third-order valence-corrected chi connectivity index (χ3v) is 3.91. The van der Waals surface area contributed by atoms with Crippen LogP contribution in [-0.4, -0.2) is 20.3 Å². The maximum absolute atomic E-state index is 10.6. The van der Waals surface area contributed by atoms with Crippen LogP contribution in [0.25, 0.3) is 11.0 Å². The fraction of sp³-hybridized carbons (Fsp3) is 0.588. The van der Waals surface area contributed by atoms with Gasteiger partial charge < -0.3 is 9.67 Å². The zero-order chi connectivity index (χ0) is 14.6. The second kappa shape index (κ2) is 6.40. The first kappa shape index (κ1) is 15.0. The summed E-state index contributed by atoms with van der Waals surface area (Å²) in [5.74, 6) is 0.996.